The lowest BCUT2D eigenvalue weighted by Gasteiger charge is -2.28. The molecule has 0 unspecified atom stereocenters. The van der Waals surface area contributed by atoms with Gasteiger partial charge in [0.2, 0.25) is 5.79 Å². The minimum absolute atomic E-state index is 0.186. The topological polar surface area (TPSA) is 47.9 Å². The molecule has 0 aliphatic rings. The van der Waals surface area contributed by atoms with E-state index in [1.54, 1.807) is 0 Å². The predicted molar refractivity (Wildman–Crippen MR) is 59.9 cm³/mol. The summed E-state index contributed by atoms with van der Waals surface area (Å²) in [6.45, 7) is 0.412. The summed E-state index contributed by atoms with van der Waals surface area (Å²) in [7, 11) is 2.96. The summed E-state index contributed by atoms with van der Waals surface area (Å²) in [5.41, 5.74) is 1.07. The predicted octanol–water partition coefficient (Wildman–Crippen LogP) is 1.18. The van der Waals surface area contributed by atoms with Gasteiger partial charge in [0.15, 0.2) is 0 Å². The van der Waals surface area contributed by atoms with Gasteiger partial charge in [-0.1, -0.05) is 30.3 Å². The van der Waals surface area contributed by atoms with Crippen LogP contribution in [-0.2, 0) is 20.8 Å². The maximum atomic E-state index is 9.14. The first-order chi connectivity index (χ1) is 7.76. The zero-order chi connectivity index (χ0) is 11.9. The van der Waals surface area contributed by atoms with Gasteiger partial charge < -0.3 is 19.3 Å². The molecule has 0 aliphatic carbocycles. The van der Waals surface area contributed by atoms with E-state index < -0.39 is 5.79 Å². The molecule has 1 rings (SSSR count). The highest BCUT2D eigenvalue weighted by molar-refractivity contribution is 5.13. The molecule has 1 aromatic carbocycles. The minimum atomic E-state index is -1.06. The van der Waals surface area contributed by atoms with Crippen molar-refractivity contribution in [3.63, 3.8) is 0 Å². The molecule has 0 saturated heterocycles. The van der Waals surface area contributed by atoms with Gasteiger partial charge in [0, 0.05) is 14.2 Å². The fraction of sp³-hybridized carbons (Fsp3) is 0.500. The van der Waals surface area contributed by atoms with Crippen molar-refractivity contribution in [3.8, 4) is 0 Å². The standard InChI is InChI=1S/C12H18O4/c1-14-12(9-13,15-2)10-16-8-11-6-4-3-5-7-11/h3-7,13H,8-10H2,1-2H3. The molecule has 16 heavy (non-hydrogen) atoms. The zero-order valence-electron chi connectivity index (χ0n) is 9.68. The molecular formula is C12H18O4. The lowest BCUT2D eigenvalue weighted by molar-refractivity contribution is -0.253. The Hall–Kier alpha value is -0.940. The molecule has 0 aromatic heterocycles. The molecule has 0 spiro atoms. The van der Waals surface area contributed by atoms with Crippen LogP contribution in [0.2, 0.25) is 0 Å². The molecule has 4 heteroatoms. The van der Waals surface area contributed by atoms with E-state index in [2.05, 4.69) is 0 Å². The van der Waals surface area contributed by atoms with Crippen LogP contribution in [0.15, 0.2) is 30.3 Å². The lowest BCUT2D eigenvalue weighted by Crippen LogP contribution is -2.42. The Morgan fingerprint density at radius 3 is 2.25 bits per heavy atom. The van der Waals surface area contributed by atoms with Crippen LogP contribution in [0.3, 0.4) is 0 Å². The van der Waals surface area contributed by atoms with Crippen LogP contribution in [-0.4, -0.2) is 38.3 Å². The summed E-state index contributed by atoms with van der Waals surface area (Å²) in [4.78, 5) is 0. The summed E-state index contributed by atoms with van der Waals surface area (Å²) in [6.07, 6.45) is 0. The summed E-state index contributed by atoms with van der Waals surface area (Å²) in [5, 5.41) is 9.14. The molecule has 0 bridgehead atoms. The largest absolute Gasteiger partial charge is 0.391 e. The Kier molecular flexibility index (Phi) is 5.42. The second kappa shape index (κ2) is 6.60. The molecular weight excluding hydrogens is 208 g/mol. The van der Waals surface area contributed by atoms with Gasteiger partial charge in [-0.05, 0) is 5.56 Å². The van der Waals surface area contributed by atoms with Crippen LogP contribution in [0.25, 0.3) is 0 Å². The van der Waals surface area contributed by atoms with Crippen molar-refractivity contribution in [2.75, 3.05) is 27.4 Å². The van der Waals surface area contributed by atoms with Crippen molar-refractivity contribution in [2.45, 2.75) is 12.4 Å². The van der Waals surface area contributed by atoms with Crippen LogP contribution in [0, 0.1) is 0 Å². The number of rotatable bonds is 7. The molecule has 0 atom stereocenters. The third-order valence-corrected chi connectivity index (χ3v) is 2.42. The average Bonchev–Trinajstić information content (AvgIpc) is 2.37. The number of methoxy groups -OCH3 is 2. The van der Waals surface area contributed by atoms with Crippen molar-refractivity contribution >= 4 is 0 Å². The van der Waals surface area contributed by atoms with E-state index in [1.807, 2.05) is 30.3 Å². The lowest BCUT2D eigenvalue weighted by atomic mass is 10.2. The van der Waals surface area contributed by atoms with E-state index in [9.17, 15) is 0 Å². The first kappa shape index (κ1) is 13.1. The molecule has 0 amide bonds. The second-order valence-electron chi connectivity index (χ2n) is 3.46. The molecule has 0 radical (unpaired) electrons. The summed E-state index contributed by atoms with van der Waals surface area (Å²) in [5.74, 6) is -1.06. The van der Waals surface area contributed by atoms with Crippen LogP contribution in [0.4, 0.5) is 0 Å². The number of aliphatic hydroxyl groups is 1. The number of hydrogen-bond donors (Lipinski definition) is 1. The Bertz CT molecular complexity index is 274. The number of ether oxygens (including phenoxy) is 3. The molecule has 1 aromatic rings. The molecule has 1 N–H and O–H groups in total. The number of hydrogen-bond acceptors (Lipinski definition) is 4. The molecule has 0 fully saturated rings. The van der Waals surface area contributed by atoms with Gasteiger partial charge in [-0.3, -0.25) is 0 Å². The molecule has 0 heterocycles. The molecule has 0 aliphatic heterocycles. The first-order valence-corrected chi connectivity index (χ1v) is 5.09. The van der Waals surface area contributed by atoms with E-state index >= 15 is 0 Å². The van der Waals surface area contributed by atoms with Crippen LogP contribution >= 0.6 is 0 Å². The monoisotopic (exact) mass is 226 g/mol. The number of aliphatic hydroxyl groups excluding tert-OH is 1. The van der Waals surface area contributed by atoms with Gasteiger partial charge >= 0.3 is 0 Å². The SMILES string of the molecule is COC(CO)(COCc1ccccc1)OC. The highest BCUT2D eigenvalue weighted by Crippen LogP contribution is 2.12. The quantitative estimate of drug-likeness (QED) is 0.709. The fourth-order valence-corrected chi connectivity index (χ4v) is 1.27. The Morgan fingerprint density at radius 2 is 1.75 bits per heavy atom. The summed E-state index contributed by atoms with van der Waals surface area (Å²) >= 11 is 0. The van der Waals surface area contributed by atoms with Crippen molar-refractivity contribution in [3.05, 3.63) is 35.9 Å². The van der Waals surface area contributed by atoms with Gasteiger partial charge in [-0.15, -0.1) is 0 Å². The van der Waals surface area contributed by atoms with E-state index in [4.69, 9.17) is 19.3 Å². The van der Waals surface area contributed by atoms with Gasteiger partial charge in [0.1, 0.15) is 6.61 Å². The van der Waals surface area contributed by atoms with Gasteiger partial charge in [-0.2, -0.15) is 0 Å². The van der Waals surface area contributed by atoms with Crippen molar-refractivity contribution in [2.24, 2.45) is 0 Å². The maximum absolute atomic E-state index is 9.14. The molecule has 90 valence electrons. The Morgan fingerprint density at radius 1 is 1.12 bits per heavy atom. The summed E-state index contributed by atoms with van der Waals surface area (Å²) in [6, 6.07) is 9.79. The highest BCUT2D eigenvalue weighted by Gasteiger charge is 2.28. The van der Waals surface area contributed by atoms with E-state index in [0.29, 0.717) is 6.61 Å². The average molecular weight is 226 g/mol. The zero-order valence-corrected chi connectivity index (χ0v) is 9.68. The van der Waals surface area contributed by atoms with Crippen molar-refractivity contribution < 1.29 is 19.3 Å². The van der Waals surface area contributed by atoms with Gasteiger partial charge in [0.05, 0.1) is 13.2 Å². The second-order valence-corrected chi connectivity index (χ2v) is 3.46. The molecule has 0 saturated carbocycles. The van der Waals surface area contributed by atoms with Crippen LogP contribution in [0.5, 0.6) is 0 Å². The van der Waals surface area contributed by atoms with E-state index in [0.717, 1.165) is 5.56 Å². The normalized spacial score (nSPS) is 11.7. The van der Waals surface area contributed by atoms with Gasteiger partial charge in [-0.25, -0.2) is 0 Å². The summed E-state index contributed by atoms with van der Waals surface area (Å²) < 4.78 is 15.6. The maximum Gasteiger partial charge on any atom is 0.215 e. The fourth-order valence-electron chi connectivity index (χ4n) is 1.27. The van der Waals surface area contributed by atoms with Crippen molar-refractivity contribution in [1.29, 1.82) is 0 Å². The Labute approximate surface area is 95.8 Å². The third-order valence-electron chi connectivity index (χ3n) is 2.42. The van der Waals surface area contributed by atoms with Crippen LogP contribution in [0.1, 0.15) is 5.56 Å². The Balaban J connectivity index is 2.39. The molecule has 4 nitrogen and oxygen atoms in total. The third kappa shape index (κ3) is 3.57. The minimum Gasteiger partial charge on any atom is -0.391 e. The number of benzene rings is 1. The first-order valence-electron chi connectivity index (χ1n) is 5.09. The van der Waals surface area contributed by atoms with Crippen molar-refractivity contribution in [1.82, 2.24) is 0 Å². The van der Waals surface area contributed by atoms with Gasteiger partial charge in [0.25, 0.3) is 0 Å². The smallest absolute Gasteiger partial charge is 0.215 e. The van der Waals surface area contributed by atoms with E-state index in [-0.39, 0.29) is 13.2 Å². The van der Waals surface area contributed by atoms with E-state index in [1.165, 1.54) is 14.2 Å². The van der Waals surface area contributed by atoms with Crippen LogP contribution < -0.4 is 0 Å². The highest BCUT2D eigenvalue weighted by atomic mass is 16.7.